The van der Waals surface area contributed by atoms with Crippen molar-refractivity contribution >= 4 is 11.6 Å². The monoisotopic (exact) mass is 590 g/mol. The van der Waals surface area contributed by atoms with Crippen LogP contribution >= 0.6 is 0 Å². The van der Waals surface area contributed by atoms with Crippen molar-refractivity contribution in [1.29, 1.82) is 0 Å². The molecule has 0 amide bonds. The minimum atomic E-state index is -1.40. The molecule has 238 valence electrons. The quantitative estimate of drug-likeness (QED) is 0.104. The smallest absolute Gasteiger partial charge is 0.163 e. The van der Waals surface area contributed by atoms with Crippen LogP contribution in [0.3, 0.4) is 0 Å². The van der Waals surface area contributed by atoms with Crippen LogP contribution in [0, 0.1) is 58.7 Å². The van der Waals surface area contributed by atoms with Crippen LogP contribution in [-0.2, 0) is 14.3 Å². The van der Waals surface area contributed by atoms with Crippen molar-refractivity contribution in [2.24, 2.45) is 58.7 Å². The molecular formula is C39H58O4. The molecule has 3 fully saturated rings. The average molecular weight is 591 g/mol. The number of aliphatic hydroxyl groups is 1. The molecule has 1 N–H and O–H groups in total. The summed E-state index contributed by atoms with van der Waals surface area (Å²) in [4.78, 5) is 29.1. The van der Waals surface area contributed by atoms with Gasteiger partial charge < -0.3 is 9.84 Å². The number of Topliss-reactive ketones (excluding diaryl/α,β-unsaturated/α-hetero) is 2. The van der Waals surface area contributed by atoms with E-state index in [0.717, 1.165) is 56.1 Å². The molecule has 4 rings (SSSR count). The van der Waals surface area contributed by atoms with Crippen LogP contribution in [0.1, 0.15) is 99.3 Å². The lowest BCUT2D eigenvalue weighted by Crippen LogP contribution is -2.42. The summed E-state index contributed by atoms with van der Waals surface area (Å²) in [5.41, 5.74) is 2.08. The Morgan fingerprint density at radius 2 is 1.74 bits per heavy atom. The van der Waals surface area contributed by atoms with Crippen molar-refractivity contribution in [3.8, 4) is 0 Å². The third-order valence-electron chi connectivity index (χ3n) is 11.4. The number of carbonyl (C=O) groups is 2. The van der Waals surface area contributed by atoms with Gasteiger partial charge >= 0.3 is 0 Å². The summed E-state index contributed by atoms with van der Waals surface area (Å²) >= 11 is 0. The van der Waals surface area contributed by atoms with E-state index < -0.39 is 5.79 Å². The molecule has 0 spiro atoms. The highest BCUT2D eigenvalue weighted by Crippen LogP contribution is 2.71. The second kappa shape index (κ2) is 13.5. The average Bonchev–Trinajstić information content (AvgIpc) is 3.30. The van der Waals surface area contributed by atoms with Crippen molar-refractivity contribution in [2.75, 3.05) is 0 Å². The summed E-state index contributed by atoms with van der Waals surface area (Å²) in [5, 5.41) is 11.3. The van der Waals surface area contributed by atoms with Gasteiger partial charge in [-0.2, -0.15) is 0 Å². The maximum atomic E-state index is 14.8. The summed E-state index contributed by atoms with van der Waals surface area (Å²) in [6.07, 6.45) is 17.4. The number of ether oxygens (including phenoxy) is 1. The second-order valence-corrected chi connectivity index (χ2v) is 15.3. The van der Waals surface area contributed by atoms with Crippen LogP contribution in [0.4, 0.5) is 0 Å². The van der Waals surface area contributed by atoms with Crippen LogP contribution in [0.15, 0.2) is 61.3 Å². The summed E-state index contributed by atoms with van der Waals surface area (Å²) in [5.74, 6) is -0.131. The minimum absolute atomic E-state index is 0.0546. The van der Waals surface area contributed by atoms with Crippen molar-refractivity contribution in [3.63, 3.8) is 0 Å². The first kappa shape index (κ1) is 33.8. The Morgan fingerprint density at radius 3 is 2.30 bits per heavy atom. The molecule has 0 aromatic rings. The van der Waals surface area contributed by atoms with Gasteiger partial charge in [-0.05, 0) is 106 Å². The molecule has 0 saturated heterocycles. The summed E-state index contributed by atoms with van der Waals surface area (Å²) in [7, 11) is 0. The van der Waals surface area contributed by atoms with Gasteiger partial charge in [0.15, 0.2) is 5.79 Å². The first-order valence-corrected chi connectivity index (χ1v) is 17.0. The van der Waals surface area contributed by atoms with Gasteiger partial charge in [-0.15, -0.1) is 6.58 Å². The van der Waals surface area contributed by atoms with E-state index >= 15 is 0 Å². The number of fused-ring (bicyclic) bond motifs is 2. The van der Waals surface area contributed by atoms with Gasteiger partial charge in [0.1, 0.15) is 11.6 Å². The van der Waals surface area contributed by atoms with E-state index in [9.17, 15) is 14.7 Å². The van der Waals surface area contributed by atoms with E-state index in [1.807, 2.05) is 19.9 Å². The number of allylic oxidation sites excluding steroid dienone is 7. The molecule has 0 aliphatic heterocycles. The van der Waals surface area contributed by atoms with Crippen LogP contribution < -0.4 is 0 Å². The predicted molar refractivity (Wildman–Crippen MR) is 176 cm³/mol. The molecule has 4 aliphatic carbocycles. The lowest BCUT2D eigenvalue weighted by Gasteiger charge is -2.36. The Labute approximate surface area is 261 Å². The third kappa shape index (κ3) is 7.44. The third-order valence-corrected chi connectivity index (χ3v) is 11.4. The van der Waals surface area contributed by atoms with Crippen molar-refractivity contribution in [2.45, 2.75) is 111 Å². The zero-order chi connectivity index (χ0) is 31.7. The highest BCUT2D eigenvalue weighted by Gasteiger charge is 2.69. The molecule has 4 heteroatoms. The van der Waals surface area contributed by atoms with Crippen molar-refractivity contribution in [3.05, 3.63) is 61.3 Å². The first-order chi connectivity index (χ1) is 20.2. The predicted octanol–water partition coefficient (Wildman–Crippen LogP) is 8.83. The Balaban J connectivity index is 1.59. The summed E-state index contributed by atoms with van der Waals surface area (Å²) in [6, 6.07) is 0. The molecule has 0 aromatic carbocycles. The van der Waals surface area contributed by atoms with E-state index in [1.165, 1.54) is 0 Å². The number of rotatable bonds is 17. The fourth-order valence-electron chi connectivity index (χ4n) is 9.26. The van der Waals surface area contributed by atoms with E-state index in [2.05, 4.69) is 64.8 Å². The Kier molecular flexibility index (Phi) is 10.6. The lowest BCUT2D eigenvalue weighted by molar-refractivity contribution is -0.222. The van der Waals surface area contributed by atoms with Gasteiger partial charge in [0.2, 0.25) is 0 Å². The normalized spacial score (nSPS) is 32.9. The van der Waals surface area contributed by atoms with Crippen molar-refractivity contribution < 1.29 is 19.4 Å². The van der Waals surface area contributed by atoms with Gasteiger partial charge in [0.25, 0.3) is 0 Å². The highest BCUT2D eigenvalue weighted by molar-refractivity contribution is 5.93. The summed E-state index contributed by atoms with van der Waals surface area (Å²) in [6.45, 7) is 24.7. The molecule has 3 saturated carbocycles. The zero-order valence-electron chi connectivity index (χ0n) is 27.8. The molecule has 0 bridgehead atoms. The zero-order valence-corrected chi connectivity index (χ0v) is 27.8. The topological polar surface area (TPSA) is 63.6 Å². The molecule has 43 heavy (non-hydrogen) atoms. The minimum Gasteiger partial charge on any atom is -0.366 e. The van der Waals surface area contributed by atoms with E-state index in [-0.39, 0.29) is 65.0 Å². The van der Waals surface area contributed by atoms with Gasteiger partial charge in [0.05, 0.1) is 6.10 Å². The largest absolute Gasteiger partial charge is 0.366 e. The number of hydrogen-bond acceptors (Lipinski definition) is 4. The number of hydrogen-bond donors (Lipinski definition) is 1. The van der Waals surface area contributed by atoms with E-state index in [0.29, 0.717) is 24.2 Å². The second-order valence-electron chi connectivity index (χ2n) is 15.3. The fraction of sp³-hybridized carbons (Fsp3) is 0.692. The van der Waals surface area contributed by atoms with E-state index in [1.54, 1.807) is 6.92 Å². The Bertz CT molecular complexity index is 1120. The molecule has 4 nitrogen and oxygen atoms in total. The molecule has 0 radical (unpaired) electrons. The van der Waals surface area contributed by atoms with Gasteiger partial charge in [-0.1, -0.05) is 76.3 Å². The maximum absolute atomic E-state index is 14.8. The molecule has 0 aromatic heterocycles. The lowest BCUT2D eigenvalue weighted by atomic mass is 9.70. The fourth-order valence-corrected chi connectivity index (χ4v) is 9.26. The number of ketones is 2. The van der Waals surface area contributed by atoms with Gasteiger partial charge in [-0.25, -0.2) is 0 Å². The summed E-state index contributed by atoms with van der Waals surface area (Å²) < 4.78 is 5.94. The van der Waals surface area contributed by atoms with Crippen LogP contribution in [0.25, 0.3) is 0 Å². The highest BCUT2D eigenvalue weighted by atomic mass is 16.6. The maximum Gasteiger partial charge on any atom is 0.163 e. The Morgan fingerprint density at radius 1 is 1.12 bits per heavy atom. The van der Waals surface area contributed by atoms with Crippen LogP contribution in [0.5, 0.6) is 0 Å². The van der Waals surface area contributed by atoms with Crippen molar-refractivity contribution in [1.82, 2.24) is 0 Å². The van der Waals surface area contributed by atoms with Crippen LogP contribution in [-0.4, -0.2) is 28.6 Å². The standard InChI is InChI=1S/C39H58O4/c1-10-12-16-25(5)26(6)27(15-11-2)21-34(40)35-31(22-33-36(35)38(33,7)8)37(41)32(23-39(9,42)43-24(3)4)30-19-28-17-13-14-18-29(28)20-30/h10,13-14,17-18,24,27-33,35-36,42H,1,5-6,11-12,15-16,19-23H2,2-4,7-9H3. The molecular weight excluding hydrogens is 532 g/mol. The first-order valence-electron chi connectivity index (χ1n) is 17.0. The number of carbonyl (C=O) groups excluding carboxylic acids is 2. The van der Waals surface area contributed by atoms with Crippen LogP contribution in [0.2, 0.25) is 0 Å². The molecule has 0 heterocycles. The SMILES string of the molecule is C=CCCC(=C)C(=C)C(CCC)CC(=O)C1C(C(=O)C(CC(C)(O)OC(C)C)C2CC3C=CC=CC3C2)CC2C1C2(C)C. The molecule has 9 atom stereocenters. The van der Waals surface area contributed by atoms with Gasteiger partial charge in [0, 0.05) is 30.6 Å². The van der Waals surface area contributed by atoms with Gasteiger partial charge in [-0.3, -0.25) is 9.59 Å². The molecule has 9 unspecified atom stereocenters. The molecule has 4 aliphatic rings. The Hall–Kier alpha value is -2.04. The van der Waals surface area contributed by atoms with E-state index in [4.69, 9.17) is 4.74 Å².